The maximum absolute atomic E-state index is 5.73. The van der Waals surface area contributed by atoms with E-state index in [0.717, 1.165) is 34.7 Å². The third kappa shape index (κ3) is 2.28. The second-order valence-electron chi connectivity index (χ2n) is 4.62. The van der Waals surface area contributed by atoms with Crippen LogP contribution in [0.25, 0.3) is 16.9 Å². The van der Waals surface area contributed by atoms with Crippen LogP contribution in [-0.2, 0) is 6.42 Å². The molecule has 0 aliphatic rings. The molecule has 2 heterocycles. The van der Waals surface area contributed by atoms with Crippen LogP contribution in [0, 0.1) is 0 Å². The number of pyridine rings is 1. The Balaban J connectivity index is 2.07. The Morgan fingerprint density at radius 1 is 1.15 bits per heavy atom. The molecule has 0 bridgehead atoms. The van der Waals surface area contributed by atoms with Gasteiger partial charge in [-0.1, -0.05) is 6.92 Å². The minimum atomic E-state index is 0.756. The highest BCUT2D eigenvalue weighted by Gasteiger charge is 2.09. The molecule has 0 spiro atoms. The molecule has 0 saturated heterocycles. The molecule has 0 radical (unpaired) electrons. The molecule has 4 heteroatoms. The van der Waals surface area contributed by atoms with Crippen molar-refractivity contribution in [2.24, 2.45) is 0 Å². The van der Waals surface area contributed by atoms with E-state index in [2.05, 4.69) is 23.1 Å². The van der Waals surface area contributed by atoms with Gasteiger partial charge in [0.2, 0.25) is 0 Å². The standard InChI is InChI=1S/C16H16N4/c1-2-14-10-16(12-4-3-9-18-11-12)19-20(14)15-7-5-13(17)6-8-15/h3-11H,2,17H2,1H3. The second kappa shape index (κ2) is 5.17. The number of hydrogen-bond donors (Lipinski definition) is 1. The van der Waals surface area contributed by atoms with E-state index in [1.165, 1.54) is 0 Å². The molecule has 4 nitrogen and oxygen atoms in total. The Morgan fingerprint density at radius 3 is 2.60 bits per heavy atom. The molecule has 0 aliphatic carbocycles. The number of rotatable bonds is 3. The van der Waals surface area contributed by atoms with Gasteiger partial charge in [0.25, 0.3) is 0 Å². The molecule has 0 aliphatic heterocycles. The number of nitrogen functional groups attached to an aromatic ring is 1. The third-order valence-electron chi connectivity index (χ3n) is 3.24. The molecule has 20 heavy (non-hydrogen) atoms. The van der Waals surface area contributed by atoms with Crippen molar-refractivity contribution in [2.45, 2.75) is 13.3 Å². The summed E-state index contributed by atoms with van der Waals surface area (Å²) < 4.78 is 1.96. The first kappa shape index (κ1) is 12.4. The zero-order valence-corrected chi connectivity index (χ0v) is 11.3. The molecule has 2 aromatic heterocycles. The predicted molar refractivity (Wildman–Crippen MR) is 80.6 cm³/mol. The Hall–Kier alpha value is -2.62. The van der Waals surface area contributed by atoms with E-state index < -0.39 is 0 Å². The van der Waals surface area contributed by atoms with Gasteiger partial charge in [0.05, 0.1) is 11.4 Å². The number of aryl methyl sites for hydroxylation is 1. The van der Waals surface area contributed by atoms with Gasteiger partial charge in [-0.25, -0.2) is 4.68 Å². The molecule has 3 rings (SSSR count). The summed E-state index contributed by atoms with van der Waals surface area (Å²) in [6, 6.07) is 13.8. The fourth-order valence-electron chi connectivity index (χ4n) is 2.17. The van der Waals surface area contributed by atoms with Crippen LogP contribution in [0.2, 0.25) is 0 Å². The molecule has 0 fully saturated rings. The van der Waals surface area contributed by atoms with Gasteiger partial charge in [0, 0.05) is 29.3 Å². The van der Waals surface area contributed by atoms with Crippen LogP contribution in [0.5, 0.6) is 0 Å². The summed E-state index contributed by atoms with van der Waals surface area (Å²) in [5, 5.41) is 4.69. The van der Waals surface area contributed by atoms with Crippen molar-refractivity contribution < 1.29 is 0 Å². The molecule has 1 aromatic carbocycles. The van der Waals surface area contributed by atoms with Gasteiger partial charge < -0.3 is 5.73 Å². The van der Waals surface area contributed by atoms with Crippen LogP contribution in [0.4, 0.5) is 5.69 Å². The van der Waals surface area contributed by atoms with Crippen LogP contribution in [0.1, 0.15) is 12.6 Å². The zero-order valence-electron chi connectivity index (χ0n) is 11.3. The number of anilines is 1. The summed E-state index contributed by atoms with van der Waals surface area (Å²) in [6.07, 6.45) is 4.51. The fraction of sp³-hybridized carbons (Fsp3) is 0.125. The monoisotopic (exact) mass is 264 g/mol. The molecule has 2 N–H and O–H groups in total. The second-order valence-corrected chi connectivity index (χ2v) is 4.62. The van der Waals surface area contributed by atoms with E-state index in [-0.39, 0.29) is 0 Å². The summed E-state index contributed by atoms with van der Waals surface area (Å²) >= 11 is 0. The molecule has 0 unspecified atom stereocenters. The van der Waals surface area contributed by atoms with Crippen LogP contribution < -0.4 is 5.73 Å². The fourth-order valence-corrected chi connectivity index (χ4v) is 2.17. The summed E-state index contributed by atoms with van der Waals surface area (Å²) in [7, 11) is 0. The number of benzene rings is 1. The van der Waals surface area contributed by atoms with E-state index in [1.807, 2.05) is 47.3 Å². The van der Waals surface area contributed by atoms with Crippen molar-refractivity contribution in [1.29, 1.82) is 0 Å². The Morgan fingerprint density at radius 2 is 1.95 bits per heavy atom. The molecule has 100 valence electrons. The lowest BCUT2D eigenvalue weighted by Gasteiger charge is -2.05. The lowest BCUT2D eigenvalue weighted by atomic mass is 10.2. The number of hydrogen-bond acceptors (Lipinski definition) is 3. The Labute approximate surface area is 117 Å². The number of nitrogens with two attached hydrogens (primary N) is 1. The number of aromatic nitrogens is 3. The highest BCUT2D eigenvalue weighted by molar-refractivity contribution is 5.59. The van der Waals surface area contributed by atoms with Crippen molar-refractivity contribution in [3.8, 4) is 16.9 Å². The van der Waals surface area contributed by atoms with Crippen LogP contribution in [0.3, 0.4) is 0 Å². The summed E-state index contributed by atoms with van der Waals surface area (Å²) in [5.41, 5.74) is 10.6. The van der Waals surface area contributed by atoms with E-state index in [9.17, 15) is 0 Å². The van der Waals surface area contributed by atoms with Gasteiger partial charge in [0.1, 0.15) is 0 Å². The largest absolute Gasteiger partial charge is 0.399 e. The van der Waals surface area contributed by atoms with Crippen molar-refractivity contribution >= 4 is 5.69 Å². The number of nitrogens with zero attached hydrogens (tertiary/aromatic N) is 3. The van der Waals surface area contributed by atoms with Gasteiger partial charge in [0.15, 0.2) is 0 Å². The normalized spacial score (nSPS) is 10.7. The highest BCUT2D eigenvalue weighted by Crippen LogP contribution is 2.21. The first-order valence-corrected chi connectivity index (χ1v) is 6.63. The quantitative estimate of drug-likeness (QED) is 0.740. The lowest BCUT2D eigenvalue weighted by molar-refractivity contribution is 0.816. The van der Waals surface area contributed by atoms with Crippen molar-refractivity contribution in [2.75, 3.05) is 5.73 Å². The van der Waals surface area contributed by atoms with Gasteiger partial charge in [-0.2, -0.15) is 5.10 Å². The molecular formula is C16H16N4. The third-order valence-corrected chi connectivity index (χ3v) is 3.24. The predicted octanol–water partition coefficient (Wildman–Crippen LogP) is 3.08. The summed E-state index contributed by atoms with van der Waals surface area (Å²) in [4.78, 5) is 4.14. The van der Waals surface area contributed by atoms with Crippen LogP contribution in [-0.4, -0.2) is 14.8 Å². The minimum absolute atomic E-state index is 0.756. The van der Waals surface area contributed by atoms with Gasteiger partial charge in [-0.15, -0.1) is 0 Å². The lowest BCUT2D eigenvalue weighted by Crippen LogP contribution is -2.01. The van der Waals surface area contributed by atoms with Gasteiger partial charge in [-0.3, -0.25) is 4.98 Å². The van der Waals surface area contributed by atoms with Gasteiger partial charge >= 0.3 is 0 Å². The average Bonchev–Trinajstić information content (AvgIpc) is 2.93. The average molecular weight is 264 g/mol. The summed E-state index contributed by atoms with van der Waals surface area (Å²) in [5.74, 6) is 0. The smallest absolute Gasteiger partial charge is 0.0945 e. The van der Waals surface area contributed by atoms with E-state index >= 15 is 0 Å². The van der Waals surface area contributed by atoms with E-state index in [1.54, 1.807) is 6.20 Å². The zero-order chi connectivity index (χ0) is 13.9. The maximum atomic E-state index is 5.73. The van der Waals surface area contributed by atoms with Gasteiger partial charge in [-0.05, 0) is 48.9 Å². The first-order valence-electron chi connectivity index (χ1n) is 6.63. The van der Waals surface area contributed by atoms with E-state index in [0.29, 0.717) is 0 Å². The van der Waals surface area contributed by atoms with E-state index in [4.69, 9.17) is 5.73 Å². The molecule has 0 amide bonds. The summed E-state index contributed by atoms with van der Waals surface area (Å²) in [6.45, 7) is 2.12. The minimum Gasteiger partial charge on any atom is -0.399 e. The van der Waals surface area contributed by atoms with Crippen molar-refractivity contribution in [3.05, 3.63) is 60.6 Å². The maximum Gasteiger partial charge on any atom is 0.0945 e. The van der Waals surface area contributed by atoms with Crippen LogP contribution >= 0.6 is 0 Å². The SMILES string of the molecule is CCc1cc(-c2cccnc2)nn1-c1ccc(N)cc1. The molecular weight excluding hydrogens is 248 g/mol. The van der Waals surface area contributed by atoms with Crippen molar-refractivity contribution in [1.82, 2.24) is 14.8 Å². The molecule has 3 aromatic rings. The topological polar surface area (TPSA) is 56.7 Å². The highest BCUT2D eigenvalue weighted by atomic mass is 15.3. The van der Waals surface area contributed by atoms with Crippen LogP contribution in [0.15, 0.2) is 54.9 Å². The Bertz CT molecular complexity index is 699. The molecule has 0 atom stereocenters. The van der Waals surface area contributed by atoms with Crippen molar-refractivity contribution in [3.63, 3.8) is 0 Å². The Kier molecular flexibility index (Phi) is 3.21. The first-order chi connectivity index (χ1) is 9.78. The molecule has 0 saturated carbocycles.